The lowest BCUT2D eigenvalue weighted by Gasteiger charge is -2.19. The third-order valence-electron chi connectivity index (χ3n) is 3.74. The number of pyridine rings is 1. The molecule has 0 saturated carbocycles. The molecule has 0 aliphatic carbocycles. The van der Waals surface area contributed by atoms with Crippen LogP contribution in [0.15, 0.2) is 36.9 Å². The fraction of sp³-hybridized carbons (Fsp3) is 0.188. The van der Waals surface area contributed by atoms with Crippen molar-refractivity contribution < 1.29 is 4.39 Å². The van der Waals surface area contributed by atoms with Gasteiger partial charge in [0, 0.05) is 49.0 Å². The number of rotatable bonds is 3. The highest BCUT2D eigenvalue weighted by Gasteiger charge is 2.18. The van der Waals surface area contributed by atoms with Gasteiger partial charge in [0.25, 0.3) is 0 Å². The first-order valence-corrected chi connectivity index (χ1v) is 7.44. The van der Waals surface area contributed by atoms with Crippen molar-refractivity contribution in [2.24, 2.45) is 0 Å². The standard InChI is InChI=1S/C16H15FN6/c1-2-18-16-21-8-12-11(3-4-19-14(12)22-16)10-7-13(17)15-20-5-6-23(15)9-10/h3,5-9H,2,4H2,1H3,(H2,18,19,21,22). The summed E-state index contributed by atoms with van der Waals surface area (Å²) in [4.78, 5) is 12.8. The van der Waals surface area contributed by atoms with Gasteiger partial charge in [0.15, 0.2) is 11.5 Å². The maximum atomic E-state index is 14.2. The van der Waals surface area contributed by atoms with E-state index in [1.165, 1.54) is 6.07 Å². The number of imidazole rings is 1. The summed E-state index contributed by atoms with van der Waals surface area (Å²) in [6.07, 6.45) is 8.95. The molecule has 2 N–H and O–H groups in total. The summed E-state index contributed by atoms with van der Waals surface area (Å²) in [6, 6.07) is 1.50. The van der Waals surface area contributed by atoms with E-state index >= 15 is 0 Å². The lowest BCUT2D eigenvalue weighted by Crippen LogP contribution is -2.13. The molecule has 4 heterocycles. The third kappa shape index (κ3) is 2.30. The van der Waals surface area contributed by atoms with E-state index in [9.17, 15) is 4.39 Å². The Morgan fingerprint density at radius 3 is 3.17 bits per heavy atom. The van der Waals surface area contributed by atoms with Gasteiger partial charge >= 0.3 is 0 Å². The van der Waals surface area contributed by atoms with Gasteiger partial charge < -0.3 is 15.0 Å². The number of nitrogens with zero attached hydrogens (tertiary/aromatic N) is 4. The summed E-state index contributed by atoms with van der Waals surface area (Å²) in [5.74, 6) is 0.981. The van der Waals surface area contributed by atoms with Gasteiger partial charge in [-0.2, -0.15) is 4.98 Å². The van der Waals surface area contributed by atoms with Crippen LogP contribution in [-0.4, -0.2) is 32.4 Å². The van der Waals surface area contributed by atoms with Crippen molar-refractivity contribution in [3.8, 4) is 0 Å². The zero-order chi connectivity index (χ0) is 15.8. The fourth-order valence-corrected chi connectivity index (χ4v) is 2.73. The van der Waals surface area contributed by atoms with Crippen molar-refractivity contribution >= 4 is 23.0 Å². The monoisotopic (exact) mass is 310 g/mol. The van der Waals surface area contributed by atoms with E-state index < -0.39 is 0 Å². The molecule has 3 aromatic rings. The van der Waals surface area contributed by atoms with Crippen molar-refractivity contribution in [2.75, 3.05) is 23.7 Å². The lowest BCUT2D eigenvalue weighted by atomic mass is 9.98. The van der Waals surface area contributed by atoms with E-state index in [1.54, 1.807) is 23.0 Å². The number of fused-ring (bicyclic) bond motifs is 2. The van der Waals surface area contributed by atoms with Crippen LogP contribution in [0.25, 0.3) is 11.2 Å². The van der Waals surface area contributed by atoms with E-state index in [2.05, 4.69) is 25.6 Å². The van der Waals surface area contributed by atoms with Crippen LogP contribution in [0, 0.1) is 5.82 Å². The Kier molecular flexibility index (Phi) is 3.18. The topological polar surface area (TPSA) is 67.1 Å². The molecule has 1 aliphatic heterocycles. The highest BCUT2D eigenvalue weighted by Crippen LogP contribution is 2.31. The molecule has 6 nitrogen and oxygen atoms in total. The molecule has 3 aromatic heterocycles. The molecule has 0 fully saturated rings. The van der Waals surface area contributed by atoms with E-state index in [0.717, 1.165) is 29.1 Å². The summed E-state index contributed by atoms with van der Waals surface area (Å²) in [6.45, 7) is 3.38. The lowest BCUT2D eigenvalue weighted by molar-refractivity contribution is 0.629. The first kappa shape index (κ1) is 13.7. The van der Waals surface area contributed by atoms with Gasteiger partial charge in [0.05, 0.1) is 0 Å². The summed E-state index contributed by atoms with van der Waals surface area (Å²) < 4.78 is 15.9. The quantitative estimate of drug-likeness (QED) is 0.778. The largest absolute Gasteiger partial charge is 0.366 e. The Morgan fingerprint density at radius 2 is 2.30 bits per heavy atom. The smallest absolute Gasteiger partial charge is 0.224 e. The average molecular weight is 310 g/mol. The fourth-order valence-electron chi connectivity index (χ4n) is 2.73. The predicted octanol–water partition coefficient (Wildman–Crippen LogP) is 2.55. The van der Waals surface area contributed by atoms with Crippen molar-refractivity contribution in [3.63, 3.8) is 0 Å². The van der Waals surface area contributed by atoms with Crippen LogP contribution in [0.5, 0.6) is 0 Å². The molecule has 0 saturated heterocycles. The van der Waals surface area contributed by atoms with Crippen LogP contribution in [0.4, 0.5) is 16.2 Å². The molecule has 7 heteroatoms. The molecule has 0 aromatic carbocycles. The maximum absolute atomic E-state index is 14.2. The van der Waals surface area contributed by atoms with E-state index in [1.807, 2.05) is 19.2 Å². The minimum Gasteiger partial charge on any atom is -0.366 e. The van der Waals surface area contributed by atoms with Crippen LogP contribution in [0.2, 0.25) is 0 Å². The Bertz CT molecular complexity index is 914. The van der Waals surface area contributed by atoms with Gasteiger partial charge in [-0.25, -0.2) is 14.4 Å². The van der Waals surface area contributed by atoms with Gasteiger partial charge in [-0.3, -0.25) is 0 Å². The molecular weight excluding hydrogens is 295 g/mol. The minimum atomic E-state index is -0.348. The van der Waals surface area contributed by atoms with Gasteiger partial charge in [0.2, 0.25) is 5.95 Å². The number of aromatic nitrogens is 4. The van der Waals surface area contributed by atoms with Crippen LogP contribution < -0.4 is 10.6 Å². The van der Waals surface area contributed by atoms with Gasteiger partial charge in [-0.1, -0.05) is 6.08 Å². The van der Waals surface area contributed by atoms with Crippen molar-refractivity contribution in [1.82, 2.24) is 19.4 Å². The Labute approximate surface area is 132 Å². The summed E-state index contributed by atoms with van der Waals surface area (Å²) in [5, 5.41) is 6.32. The number of nitrogens with one attached hydrogen (secondary N) is 2. The SMILES string of the molecule is CCNc1ncc2c(n1)NCC=C2c1cc(F)c2nccn2c1. The molecule has 1 aliphatic rings. The Balaban J connectivity index is 1.81. The molecule has 4 rings (SSSR count). The summed E-state index contributed by atoms with van der Waals surface area (Å²) >= 11 is 0. The molecule has 0 unspecified atom stereocenters. The number of hydrogen-bond acceptors (Lipinski definition) is 5. The molecule has 116 valence electrons. The van der Waals surface area contributed by atoms with Crippen molar-refractivity contribution in [2.45, 2.75) is 6.92 Å². The van der Waals surface area contributed by atoms with Gasteiger partial charge in [-0.15, -0.1) is 0 Å². The average Bonchev–Trinajstić information content (AvgIpc) is 3.03. The number of halogens is 1. The Hall–Kier alpha value is -2.96. The van der Waals surface area contributed by atoms with Crippen LogP contribution in [0.1, 0.15) is 18.1 Å². The predicted molar refractivity (Wildman–Crippen MR) is 86.9 cm³/mol. The summed E-state index contributed by atoms with van der Waals surface area (Å²) in [7, 11) is 0. The second kappa shape index (κ2) is 5.35. The molecular formula is C16H15FN6. The van der Waals surface area contributed by atoms with Crippen molar-refractivity contribution in [1.29, 1.82) is 0 Å². The maximum Gasteiger partial charge on any atom is 0.224 e. The van der Waals surface area contributed by atoms with E-state index in [-0.39, 0.29) is 5.82 Å². The zero-order valence-corrected chi connectivity index (χ0v) is 12.5. The highest BCUT2D eigenvalue weighted by molar-refractivity contribution is 5.87. The van der Waals surface area contributed by atoms with Crippen LogP contribution in [0.3, 0.4) is 0 Å². The normalized spacial score (nSPS) is 13.4. The van der Waals surface area contributed by atoms with Gasteiger partial charge in [0.1, 0.15) is 5.82 Å². The molecule has 23 heavy (non-hydrogen) atoms. The number of anilines is 2. The molecule has 0 bridgehead atoms. The van der Waals surface area contributed by atoms with E-state index in [4.69, 9.17) is 0 Å². The van der Waals surface area contributed by atoms with Crippen LogP contribution in [-0.2, 0) is 0 Å². The molecule has 0 atom stereocenters. The first-order valence-electron chi connectivity index (χ1n) is 7.44. The Morgan fingerprint density at radius 1 is 1.39 bits per heavy atom. The summed E-state index contributed by atoms with van der Waals surface area (Å²) in [5.41, 5.74) is 2.87. The van der Waals surface area contributed by atoms with Crippen molar-refractivity contribution in [3.05, 3.63) is 53.9 Å². The van der Waals surface area contributed by atoms with E-state index in [0.29, 0.717) is 18.1 Å². The first-order chi connectivity index (χ1) is 11.3. The van der Waals surface area contributed by atoms with Crippen LogP contribution >= 0.6 is 0 Å². The highest BCUT2D eigenvalue weighted by atomic mass is 19.1. The minimum absolute atomic E-state index is 0.322. The second-order valence-corrected chi connectivity index (χ2v) is 5.22. The second-order valence-electron chi connectivity index (χ2n) is 5.22. The van der Waals surface area contributed by atoms with Gasteiger partial charge in [-0.05, 0) is 18.6 Å². The zero-order valence-electron chi connectivity index (χ0n) is 12.5. The molecule has 0 spiro atoms. The third-order valence-corrected chi connectivity index (χ3v) is 3.74. The molecule has 0 radical (unpaired) electrons. The molecule has 0 amide bonds. The number of hydrogen-bond donors (Lipinski definition) is 2.